The van der Waals surface area contributed by atoms with Gasteiger partial charge in [-0.25, -0.2) is 0 Å². The van der Waals surface area contributed by atoms with Crippen molar-refractivity contribution < 1.29 is 24.0 Å². The number of rotatable bonds is 8. The minimum absolute atomic E-state index is 0.0634. The molecule has 0 aromatic heterocycles. The maximum Gasteiger partial charge on any atom is 0.246 e. The molecule has 0 saturated carbocycles. The molecule has 1 aliphatic heterocycles. The second kappa shape index (κ2) is 16.0. The Morgan fingerprint density at radius 1 is 0.591 bits per heavy atom. The molecule has 0 bridgehead atoms. The number of nitrogens with zero attached hydrogens (tertiary/aromatic N) is 3. The first-order valence-electron chi connectivity index (χ1n) is 15.9. The van der Waals surface area contributed by atoms with E-state index in [1.807, 2.05) is 85.7 Å². The zero-order valence-corrected chi connectivity index (χ0v) is 28.6. The van der Waals surface area contributed by atoms with E-state index in [1.165, 1.54) is 14.7 Å². The molecule has 0 aliphatic carbocycles. The van der Waals surface area contributed by atoms with E-state index in [1.54, 1.807) is 21.1 Å². The van der Waals surface area contributed by atoms with Crippen LogP contribution in [0.15, 0.2) is 30.3 Å². The van der Waals surface area contributed by atoms with Crippen LogP contribution in [0.4, 0.5) is 0 Å². The van der Waals surface area contributed by atoms with Crippen molar-refractivity contribution in [2.24, 2.45) is 23.7 Å². The lowest BCUT2D eigenvalue weighted by Crippen LogP contribution is -2.60. The number of likely N-dealkylation sites (N-methyl/N-ethyl adjacent to an activating group) is 3. The Morgan fingerprint density at radius 3 is 1.57 bits per heavy atom. The zero-order valence-electron chi connectivity index (χ0n) is 28.6. The second-order valence-corrected chi connectivity index (χ2v) is 13.8. The first-order chi connectivity index (χ1) is 20.5. The molecule has 1 saturated heterocycles. The van der Waals surface area contributed by atoms with Crippen LogP contribution in [0.1, 0.15) is 73.8 Å². The standard InChI is InChI=1S/C34H55N5O5/c1-20(2)17-25-32(42)39(11)29(23(7)8)34(44)37(9)27(18-21(3)4)30(40)35-26(19-24-15-13-12-14-16-24)33(43)38(10)28(22(5)6)31(41)36-25/h12-16,20-23,25-29H,17-19H2,1-11H3,(H,35,40)(H,36,41)/t25-,26-,27-,28-,29-/m1/s1. The number of carbonyl (C=O) groups is 5. The average molecular weight is 614 g/mol. The van der Waals surface area contributed by atoms with E-state index in [0.29, 0.717) is 12.8 Å². The quantitative estimate of drug-likeness (QED) is 0.467. The Morgan fingerprint density at radius 2 is 1.07 bits per heavy atom. The first kappa shape index (κ1) is 36.8. The Labute approximate surface area is 264 Å². The highest BCUT2D eigenvalue weighted by Crippen LogP contribution is 2.22. The SMILES string of the molecule is CC(C)C[C@@H]1C(=O)N[C@H](Cc2ccccc2)C(=O)N(C)[C@H](C(C)C)C(=O)N[C@H](CC(C)C)C(=O)N(C)[C@H](C(C)C)C(=O)N1C. The summed E-state index contributed by atoms with van der Waals surface area (Å²) >= 11 is 0. The summed E-state index contributed by atoms with van der Waals surface area (Å²) in [6, 6.07) is 4.86. The van der Waals surface area contributed by atoms with Gasteiger partial charge in [0, 0.05) is 27.6 Å². The summed E-state index contributed by atoms with van der Waals surface area (Å²) in [6.45, 7) is 15.3. The molecule has 44 heavy (non-hydrogen) atoms. The number of carbonyl (C=O) groups excluding carboxylic acids is 5. The number of benzene rings is 1. The van der Waals surface area contributed by atoms with Gasteiger partial charge in [0.25, 0.3) is 0 Å². The molecule has 246 valence electrons. The maximum atomic E-state index is 14.2. The lowest BCUT2D eigenvalue weighted by molar-refractivity contribution is -0.151. The van der Waals surface area contributed by atoms with Crippen molar-refractivity contribution >= 4 is 29.5 Å². The Kier molecular flexibility index (Phi) is 13.4. The van der Waals surface area contributed by atoms with E-state index in [9.17, 15) is 24.0 Å². The first-order valence-corrected chi connectivity index (χ1v) is 15.9. The fraction of sp³-hybridized carbons (Fsp3) is 0.676. The number of hydrogen-bond donors (Lipinski definition) is 2. The van der Waals surface area contributed by atoms with Crippen LogP contribution in [-0.4, -0.2) is 95.6 Å². The Bertz CT molecular complexity index is 1150. The van der Waals surface area contributed by atoms with E-state index in [-0.39, 0.29) is 41.9 Å². The van der Waals surface area contributed by atoms with Crippen LogP contribution < -0.4 is 10.6 Å². The summed E-state index contributed by atoms with van der Waals surface area (Å²) in [5, 5.41) is 5.90. The van der Waals surface area contributed by atoms with E-state index in [0.717, 1.165) is 5.56 Å². The van der Waals surface area contributed by atoms with Gasteiger partial charge in [0.15, 0.2) is 0 Å². The van der Waals surface area contributed by atoms with Crippen LogP contribution in [0.3, 0.4) is 0 Å². The molecular formula is C34H55N5O5. The molecule has 1 aliphatic rings. The van der Waals surface area contributed by atoms with Crippen LogP contribution in [0, 0.1) is 23.7 Å². The predicted molar refractivity (Wildman–Crippen MR) is 172 cm³/mol. The van der Waals surface area contributed by atoms with Gasteiger partial charge >= 0.3 is 0 Å². The lowest BCUT2D eigenvalue weighted by Gasteiger charge is -2.38. The van der Waals surface area contributed by atoms with E-state index in [2.05, 4.69) is 10.6 Å². The van der Waals surface area contributed by atoms with Crippen molar-refractivity contribution in [3.05, 3.63) is 35.9 Å². The van der Waals surface area contributed by atoms with Crippen molar-refractivity contribution in [1.29, 1.82) is 0 Å². The fourth-order valence-electron chi connectivity index (χ4n) is 6.11. The van der Waals surface area contributed by atoms with Crippen LogP contribution in [0.5, 0.6) is 0 Å². The van der Waals surface area contributed by atoms with Crippen LogP contribution in [-0.2, 0) is 30.4 Å². The number of amides is 5. The molecule has 5 atom stereocenters. The molecule has 0 radical (unpaired) electrons. The number of nitrogens with one attached hydrogen (secondary N) is 2. The van der Waals surface area contributed by atoms with Crippen LogP contribution >= 0.6 is 0 Å². The largest absolute Gasteiger partial charge is 0.342 e. The molecule has 5 amide bonds. The highest BCUT2D eigenvalue weighted by atomic mass is 16.2. The predicted octanol–water partition coefficient (Wildman–Crippen LogP) is 3.10. The average Bonchev–Trinajstić information content (AvgIpc) is 2.93. The van der Waals surface area contributed by atoms with Crippen molar-refractivity contribution in [3.8, 4) is 0 Å². The maximum absolute atomic E-state index is 14.2. The summed E-state index contributed by atoms with van der Waals surface area (Å²) < 4.78 is 0. The molecular weight excluding hydrogens is 558 g/mol. The third kappa shape index (κ3) is 9.29. The molecule has 2 rings (SSSR count). The summed E-state index contributed by atoms with van der Waals surface area (Å²) in [6.07, 6.45) is 0.933. The van der Waals surface area contributed by atoms with Gasteiger partial charge in [-0.15, -0.1) is 0 Å². The Balaban J connectivity index is 2.76. The summed E-state index contributed by atoms with van der Waals surface area (Å²) in [5.74, 6) is -2.51. The minimum atomic E-state index is -0.982. The van der Waals surface area contributed by atoms with Crippen molar-refractivity contribution in [1.82, 2.24) is 25.3 Å². The summed E-state index contributed by atoms with van der Waals surface area (Å²) in [7, 11) is 4.73. The molecule has 10 nitrogen and oxygen atoms in total. The molecule has 1 fully saturated rings. The van der Waals surface area contributed by atoms with Gasteiger partial charge in [-0.1, -0.05) is 85.7 Å². The third-order valence-corrected chi connectivity index (χ3v) is 8.35. The van der Waals surface area contributed by atoms with Crippen LogP contribution in [0.2, 0.25) is 0 Å². The normalized spacial score (nSPS) is 25.1. The molecule has 10 heteroatoms. The lowest BCUT2D eigenvalue weighted by atomic mass is 9.95. The highest BCUT2D eigenvalue weighted by Gasteiger charge is 2.42. The van der Waals surface area contributed by atoms with E-state index >= 15 is 0 Å². The van der Waals surface area contributed by atoms with Crippen molar-refractivity contribution in [2.75, 3.05) is 21.1 Å². The van der Waals surface area contributed by atoms with Gasteiger partial charge < -0.3 is 25.3 Å². The van der Waals surface area contributed by atoms with Crippen LogP contribution in [0.25, 0.3) is 0 Å². The van der Waals surface area contributed by atoms with E-state index in [4.69, 9.17) is 0 Å². The zero-order chi connectivity index (χ0) is 33.5. The van der Waals surface area contributed by atoms with Gasteiger partial charge in [-0.3, -0.25) is 24.0 Å². The summed E-state index contributed by atoms with van der Waals surface area (Å²) in [5.41, 5.74) is 0.844. The monoisotopic (exact) mass is 613 g/mol. The topological polar surface area (TPSA) is 119 Å². The molecule has 1 aromatic rings. The molecule has 1 heterocycles. The minimum Gasteiger partial charge on any atom is -0.342 e. The Hall–Kier alpha value is -3.43. The smallest absolute Gasteiger partial charge is 0.246 e. The number of hydrogen-bond acceptors (Lipinski definition) is 5. The molecule has 1 aromatic carbocycles. The highest BCUT2D eigenvalue weighted by molar-refractivity contribution is 5.98. The molecule has 0 unspecified atom stereocenters. The molecule has 2 N–H and O–H groups in total. The molecule has 0 spiro atoms. The van der Waals surface area contributed by atoms with Crippen molar-refractivity contribution in [2.45, 2.75) is 105 Å². The van der Waals surface area contributed by atoms with E-state index < -0.39 is 47.9 Å². The van der Waals surface area contributed by atoms with Crippen molar-refractivity contribution in [3.63, 3.8) is 0 Å². The van der Waals surface area contributed by atoms with Gasteiger partial charge in [-0.2, -0.15) is 0 Å². The van der Waals surface area contributed by atoms with Gasteiger partial charge in [-0.05, 0) is 42.1 Å². The second-order valence-electron chi connectivity index (χ2n) is 13.8. The van der Waals surface area contributed by atoms with Gasteiger partial charge in [0.2, 0.25) is 29.5 Å². The third-order valence-electron chi connectivity index (χ3n) is 8.35. The van der Waals surface area contributed by atoms with Gasteiger partial charge in [0.1, 0.15) is 30.2 Å². The fourth-order valence-corrected chi connectivity index (χ4v) is 6.11. The summed E-state index contributed by atoms with van der Waals surface area (Å²) in [4.78, 5) is 74.5. The van der Waals surface area contributed by atoms with Gasteiger partial charge in [0.05, 0.1) is 0 Å².